The van der Waals surface area contributed by atoms with E-state index in [0.717, 1.165) is 0 Å². The maximum absolute atomic E-state index is 11.1. The molecule has 0 aromatic rings. The van der Waals surface area contributed by atoms with Gasteiger partial charge in [0.05, 0.1) is 19.2 Å². The Labute approximate surface area is 77.8 Å². The van der Waals surface area contributed by atoms with Crippen LogP contribution < -0.4 is 0 Å². The lowest BCUT2D eigenvalue weighted by atomic mass is 9.83. The summed E-state index contributed by atoms with van der Waals surface area (Å²) in [5.41, 5.74) is -0.731. The first-order valence-corrected chi connectivity index (χ1v) is 4.36. The lowest BCUT2D eigenvalue weighted by Crippen LogP contribution is -2.65. The Morgan fingerprint density at radius 2 is 2.23 bits per heavy atom. The van der Waals surface area contributed by atoms with Crippen molar-refractivity contribution in [2.75, 3.05) is 13.1 Å². The van der Waals surface area contributed by atoms with E-state index in [-0.39, 0.29) is 18.2 Å². The van der Waals surface area contributed by atoms with Crippen LogP contribution in [-0.2, 0) is 4.79 Å². The van der Waals surface area contributed by atoms with Crippen molar-refractivity contribution in [2.24, 2.45) is 5.92 Å². The third kappa shape index (κ3) is 1.81. The number of carbonyl (C=O) groups excluding carboxylic acids is 1. The topological polar surface area (TPSA) is 64.3 Å². The van der Waals surface area contributed by atoms with E-state index >= 15 is 0 Å². The van der Waals surface area contributed by atoms with Gasteiger partial charge in [0.2, 0.25) is 5.91 Å². The summed E-state index contributed by atoms with van der Waals surface area (Å²) in [5.74, 6) is -0.0357. The number of carbonyl (C=O) groups is 1. The first kappa shape index (κ1) is 10.0. The highest BCUT2D eigenvalue weighted by Crippen LogP contribution is 2.28. The molecule has 0 bridgehead atoms. The SMILES string of the molecule is CC(C)C1(O)CN(C(=O)CC#N)C1. The zero-order valence-corrected chi connectivity index (χ0v) is 7.95. The number of nitrogens with zero attached hydrogens (tertiary/aromatic N) is 2. The molecule has 1 aliphatic rings. The van der Waals surface area contributed by atoms with E-state index in [1.807, 2.05) is 13.8 Å². The molecule has 4 heteroatoms. The van der Waals surface area contributed by atoms with Crippen LogP contribution in [0.4, 0.5) is 0 Å². The highest BCUT2D eigenvalue weighted by Gasteiger charge is 2.45. The predicted molar refractivity (Wildman–Crippen MR) is 46.6 cm³/mol. The second-order valence-corrected chi connectivity index (χ2v) is 3.84. The second kappa shape index (κ2) is 3.35. The molecule has 4 nitrogen and oxygen atoms in total. The lowest BCUT2D eigenvalue weighted by molar-refractivity contribution is -0.162. The Balaban J connectivity index is 2.42. The van der Waals surface area contributed by atoms with Crippen LogP contribution in [-0.4, -0.2) is 34.6 Å². The zero-order chi connectivity index (χ0) is 10.1. The van der Waals surface area contributed by atoms with Crippen molar-refractivity contribution < 1.29 is 9.90 Å². The summed E-state index contributed by atoms with van der Waals surface area (Å²) in [4.78, 5) is 12.6. The molecule has 1 amide bonds. The monoisotopic (exact) mass is 182 g/mol. The molecule has 0 unspecified atom stereocenters. The maximum Gasteiger partial charge on any atom is 0.236 e. The van der Waals surface area contributed by atoms with Gasteiger partial charge in [0, 0.05) is 0 Å². The molecule has 1 aliphatic heterocycles. The summed E-state index contributed by atoms with van der Waals surface area (Å²) in [7, 11) is 0. The Morgan fingerprint density at radius 1 is 1.69 bits per heavy atom. The van der Waals surface area contributed by atoms with Crippen molar-refractivity contribution >= 4 is 5.91 Å². The van der Waals surface area contributed by atoms with Crippen molar-refractivity contribution in [3.05, 3.63) is 0 Å². The Hall–Kier alpha value is -1.08. The minimum Gasteiger partial charge on any atom is -0.386 e. The van der Waals surface area contributed by atoms with Crippen LogP contribution in [0.1, 0.15) is 20.3 Å². The standard InChI is InChI=1S/C9H14N2O2/c1-7(2)9(13)5-11(6-9)8(12)3-4-10/h7,13H,3,5-6H2,1-2H3. The van der Waals surface area contributed by atoms with Gasteiger partial charge in [0.15, 0.2) is 0 Å². The molecule has 72 valence electrons. The van der Waals surface area contributed by atoms with Gasteiger partial charge >= 0.3 is 0 Å². The number of nitriles is 1. The highest BCUT2D eigenvalue weighted by atomic mass is 16.3. The number of amides is 1. The molecule has 1 heterocycles. The summed E-state index contributed by atoms with van der Waals surface area (Å²) in [6.07, 6.45) is -0.0891. The van der Waals surface area contributed by atoms with E-state index < -0.39 is 5.60 Å². The number of hydrogen-bond acceptors (Lipinski definition) is 3. The van der Waals surface area contributed by atoms with E-state index in [1.165, 1.54) is 4.90 Å². The molecule has 0 aromatic carbocycles. The van der Waals surface area contributed by atoms with Gasteiger partial charge in [0.1, 0.15) is 12.0 Å². The smallest absolute Gasteiger partial charge is 0.236 e. The lowest BCUT2D eigenvalue weighted by Gasteiger charge is -2.48. The largest absolute Gasteiger partial charge is 0.386 e. The molecule has 1 N–H and O–H groups in total. The molecule has 0 spiro atoms. The Bertz CT molecular complexity index is 249. The van der Waals surface area contributed by atoms with Crippen LogP contribution in [0.25, 0.3) is 0 Å². The van der Waals surface area contributed by atoms with Crippen LogP contribution in [0.5, 0.6) is 0 Å². The number of likely N-dealkylation sites (tertiary alicyclic amines) is 1. The average Bonchev–Trinajstić information content (AvgIpc) is 1.98. The quantitative estimate of drug-likeness (QED) is 0.660. The minimum absolute atomic E-state index is 0.0891. The van der Waals surface area contributed by atoms with E-state index in [0.29, 0.717) is 13.1 Å². The van der Waals surface area contributed by atoms with E-state index in [9.17, 15) is 9.90 Å². The fourth-order valence-corrected chi connectivity index (χ4v) is 1.34. The first-order valence-electron chi connectivity index (χ1n) is 4.36. The summed E-state index contributed by atoms with van der Waals surface area (Å²) in [5, 5.41) is 18.1. The van der Waals surface area contributed by atoms with Crippen molar-refractivity contribution in [1.82, 2.24) is 4.90 Å². The van der Waals surface area contributed by atoms with Crippen LogP contribution >= 0.6 is 0 Å². The summed E-state index contributed by atoms with van der Waals surface area (Å²) >= 11 is 0. The van der Waals surface area contributed by atoms with E-state index in [4.69, 9.17) is 5.26 Å². The molecule has 0 aliphatic carbocycles. The van der Waals surface area contributed by atoms with Crippen molar-refractivity contribution in [3.8, 4) is 6.07 Å². The van der Waals surface area contributed by atoms with Crippen LogP contribution in [0.2, 0.25) is 0 Å². The molecule has 13 heavy (non-hydrogen) atoms. The first-order chi connectivity index (χ1) is 5.99. The number of rotatable bonds is 2. The number of hydrogen-bond donors (Lipinski definition) is 1. The summed E-state index contributed by atoms with van der Waals surface area (Å²) < 4.78 is 0. The van der Waals surface area contributed by atoms with Crippen LogP contribution in [0.15, 0.2) is 0 Å². The molecule has 0 aromatic heterocycles. The number of β-amino-alcohol motifs (C(OH)–C–C–N with tert-alkyl or cyclic N) is 1. The van der Waals surface area contributed by atoms with Crippen molar-refractivity contribution in [2.45, 2.75) is 25.9 Å². The summed E-state index contributed by atoms with van der Waals surface area (Å²) in [6, 6.07) is 1.80. The van der Waals surface area contributed by atoms with Crippen molar-refractivity contribution in [3.63, 3.8) is 0 Å². The van der Waals surface area contributed by atoms with Gasteiger partial charge in [-0.3, -0.25) is 4.79 Å². The Kier molecular flexibility index (Phi) is 2.58. The Morgan fingerprint density at radius 3 is 2.62 bits per heavy atom. The molecule has 1 fully saturated rings. The van der Waals surface area contributed by atoms with Gasteiger partial charge < -0.3 is 10.0 Å². The number of aliphatic hydroxyl groups is 1. The van der Waals surface area contributed by atoms with E-state index in [1.54, 1.807) is 6.07 Å². The molecular formula is C9H14N2O2. The molecule has 1 rings (SSSR count). The molecule has 0 saturated carbocycles. The van der Waals surface area contributed by atoms with Gasteiger partial charge in [-0.2, -0.15) is 5.26 Å². The third-order valence-corrected chi connectivity index (χ3v) is 2.59. The normalized spacial score (nSPS) is 19.5. The molecule has 0 atom stereocenters. The summed E-state index contributed by atoms with van der Waals surface area (Å²) in [6.45, 7) is 4.58. The van der Waals surface area contributed by atoms with Gasteiger partial charge in [-0.25, -0.2) is 0 Å². The van der Waals surface area contributed by atoms with Crippen LogP contribution in [0, 0.1) is 17.2 Å². The van der Waals surface area contributed by atoms with Gasteiger partial charge in [0.25, 0.3) is 0 Å². The van der Waals surface area contributed by atoms with E-state index in [2.05, 4.69) is 0 Å². The minimum atomic E-state index is -0.731. The van der Waals surface area contributed by atoms with Gasteiger partial charge in [-0.1, -0.05) is 13.8 Å². The van der Waals surface area contributed by atoms with Gasteiger partial charge in [-0.15, -0.1) is 0 Å². The zero-order valence-electron chi connectivity index (χ0n) is 7.95. The second-order valence-electron chi connectivity index (χ2n) is 3.84. The molecule has 1 saturated heterocycles. The molecule has 0 radical (unpaired) electrons. The fourth-order valence-electron chi connectivity index (χ4n) is 1.34. The molecular weight excluding hydrogens is 168 g/mol. The fraction of sp³-hybridized carbons (Fsp3) is 0.778. The highest BCUT2D eigenvalue weighted by molar-refractivity contribution is 5.79. The van der Waals surface area contributed by atoms with Crippen LogP contribution in [0.3, 0.4) is 0 Å². The van der Waals surface area contributed by atoms with Crippen molar-refractivity contribution in [1.29, 1.82) is 5.26 Å². The maximum atomic E-state index is 11.1. The predicted octanol–water partition coefficient (Wildman–Crippen LogP) is 0.129. The third-order valence-electron chi connectivity index (χ3n) is 2.59. The van der Waals surface area contributed by atoms with Gasteiger partial charge in [-0.05, 0) is 5.92 Å². The average molecular weight is 182 g/mol.